The Morgan fingerprint density at radius 2 is 1.79 bits per heavy atom. The standard InChI is InChI=1S/C16H17FO2/c1-15(2)14(16(15,3)4)13(18)12-8-9-7-10(17)5-6-11(9)19-12/h5-8,14H,1-4H3. The summed E-state index contributed by atoms with van der Waals surface area (Å²) in [4.78, 5) is 12.5. The molecule has 1 fully saturated rings. The molecule has 0 spiro atoms. The summed E-state index contributed by atoms with van der Waals surface area (Å²) in [5, 5.41) is 0.639. The lowest BCUT2D eigenvalue weighted by Crippen LogP contribution is -2.06. The molecule has 1 saturated carbocycles. The fourth-order valence-electron chi connectivity index (χ4n) is 3.13. The SMILES string of the molecule is CC1(C)C(C(=O)c2cc3cc(F)ccc3o2)C1(C)C. The molecule has 1 aliphatic carbocycles. The molecular weight excluding hydrogens is 243 g/mol. The van der Waals surface area contributed by atoms with Crippen molar-refractivity contribution in [2.75, 3.05) is 0 Å². The van der Waals surface area contributed by atoms with Crippen LogP contribution in [-0.2, 0) is 0 Å². The molecule has 1 heterocycles. The van der Waals surface area contributed by atoms with E-state index in [-0.39, 0.29) is 28.3 Å². The molecule has 2 nitrogen and oxygen atoms in total. The zero-order valence-electron chi connectivity index (χ0n) is 11.6. The van der Waals surface area contributed by atoms with Gasteiger partial charge in [-0.1, -0.05) is 27.7 Å². The molecule has 0 saturated heterocycles. The van der Waals surface area contributed by atoms with Crippen LogP contribution < -0.4 is 0 Å². The average molecular weight is 260 g/mol. The number of hydrogen-bond donors (Lipinski definition) is 0. The molecule has 19 heavy (non-hydrogen) atoms. The highest BCUT2D eigenvalue weighted by Crippen LogP contribution is 2.69. The molecule has 0 aliphatic heterocycles. The minimum Gasteiger partial charge on any atom is -0.453 e. The first-order valence-electron chi connectivity index (χ1n) is 6.48. The normalized spacial score (nSPS) is 20.7. The molecule has 1 aromatic heterocycles. The molecule has 1 aromatic carbocycles. The predicted molar refractivity (Wildman–Crippen MR) is 71.6 cm³/mol. The van der Waals surface area contributed by atoms with Gasteiger partial charge in [-0.25, -0.2) is 4.39 Å². The molecule has 0 N–H and O–H groups in total. The molecule has 1 aliphatic rings. The number of furan rings is 1. The van der Waals surface area contributed by atoms with Gasteiger partial charge in [0, 0.05) is 11.3 Å². The van der Waals surface area contributed by atoms with E-state index in [2.05, 4.69) is 27.7 Å². The van der Waals surface area contributed by atoms with Crippen molar-refractivity contribution in [1.82, 2.24) is 0 Å². The van der Waals surface area contributed by atoms with Crippen molar-refractivity contribution in [2.24, 2.45) is 16.7 Å². The van der Waals surface area contributed by atoms with Gasteiger partial charge in [-0.3, -0.25) is 4.79 Å². The van der Waals surface area contributed by atoms with E-state index in [1.54, 1.807) is 12.1 Å². The molecule has 100 valence electrons. The van der Waals surface area contributed by atoms with E-state index in [9.17, 15) is 9.18 Å². The summed E-state index contributed by atoms with van der Waals surface area (Å²) in [5.74, 6) is 0.000600. The van der Waals surface area contributed by atoms with Gasteiger partial charge in [0.05, 0.1) is 0 Å². The van der Waals surface area contributed by atoms with E-state index >= 15 is 0 Å². The fraction of sp³-hybridized carbons (Fsp3) is 0.438. The van der Waals surface area contributed by atoms with E-state index < -0.39 is 0 Å². The van der Waals surface area contributed by atoms with Crippen LogP contribution in [0.4, 0.5) is 4.39 Å². The van der Waals surface area contributed by atoms with E-state index in [1.807, 2.05) is 0 Å². The third kappa shape index (κ3) is 1.57. The molecule has 3 rings (SSSR count). The van der Waals surface area contributed by atoms with Gasteiger partial charge in [0.15, 0.2) is 5.76 Å². The van der Waals surface area contributed by atoms with E-state index in [1.165, 1.54) is 12.1 Å². The van der Waals surface area contributed by atoms with Crippen molar-refractivity contribution >= 4 is 16.8 Å². The van der Waals surface area contributed by atoms with Crippen LogP contribution in [0.15, 0.2) is 28.7 Å². The second kappa shape index (κ2) is 3.47. The Labute approximate surface area is 111 Å². The molecule has 0 amide bonds. The van der Waals surface area contributed by atoms with Crippen molar-refractivity contribution < 1.29 is 13.6 Å². The minimum atomic E-state index is -0.320. The Bertz CT molecular complexity index is 665. The number of halogens is 1. The number of rotatable bonds is 2. The first-order chi connectivity index (χ1) is 8.75. The van der Waals surface area contributed by atoms with Gasteiger partial charge in [0.1, 0.15) is 11.4 Å². The van der Waals surface area contributed by atoms with Crippen LogP contribution in [0.25, 0.3) is 11.0 Å². The maximum atomic E-state index is 13.1. The smallest absolute Gasteiger partial charge is 0.202 e. The Kier molecular flexibility index (Phi) is 2.26. The molecule has 3 heteroatoms. The second-order valence-electron chi connectivity index (χ2n) is 6.53. The summed E-state index contributed by atoms with van der Waals surface area (Å²) in [5.41, 5.74) is 0.517. The summed E-state index contributed by atoms with van der Waals surface area (Å²) in [6.07, 6.45) is 0. The average Bonchev–Trinajstić information content (AvgIpc) is 2.64. The summed E-state index contributed by atoms with van der Waals surface area (Å²) < 4.78 is 18.7. The number of benzene rings is 1. The number of carbonyl (C=O) groups is 1. The van der Waals surface area contributed by atoms with Gasteiger partial charge < -0.3 is 4.42 Å². The third-order valence-electron chi connectivity index (χ3n) is 5.00. The largest absolute Gasteiger partial charge is 0.453 e. The molecule has 2 aromatic rings. The van der Waals surface area contributed by atoms with Crippen molar-refractivity contribution in [1.29, 1.82) is 0 Å². The van der Waals surface area contributed by atoms with E-state index in [0.717, 1.165) is 0 Å². The topological polar surface area (TPSA) is 30.2 Å². The Morgan fingerprint density at radius 3 is 2.37 bits per heavy atom. The summed E-state index contributed by atoms with van der Waals surface area (Å²) >= 11 is 0. The van der Waals surface area contributed by atoms with Crippen LogP contribution in [0, 0.1) is 22.6 Å². The van der Waals surface area contributed by atoms with Crippen molar-refractivity contribution in [3.63, 3.8) is 0 Å². The maximum Gasteiger partial charge on any atom is 0.202 e. The predicted octanol–water partition coefficient (Wildman–Crippen LogP) is 4.44. The summed E-state index contributed by atoms with van der Waals surface area (Å²) in [6, 6.07) is 5.93. The van der Waals surface area contributed by atoms with Gasteiger partial charge in [0.2, 0.25) is 5.78 Å². The number of carbonyl (C=O) groups excluding carboxylic acids is 1. The first kappa shape index (κ1) is 12.4. The van der Waals surface area contributed by atoms with Crippen LogP contribution in [0.1, 0.15) is 38.2 Å². The highest BCUT2D eigenvalue weighted by molar-refractivity contribution is 6.01. The van der Waals surface area contributed by atoms with Crippen LogP contribution in [0.2, 0.25) is 0 Å². The lowest BCUT2D eigenvalue weighted by Gasteiger charge is -2.03. The Morgan fingerprint density at radius 1 is 1.16 bits per heavy atom. The zero-order valence-corrected chi connectivity index (χ0v) is 11.6. The Hall–Kier alpha value is -1.64. The quantitative estimate of drug-likeness (QED) is 0.747. The van der Waals surface area contributed by atoms with Crippen molar-refractivity contribution in [3.8, 4) is 0 Å². The monoisotopic (exact) mass is 260 g/mol. The van der Waals surface area contributed by atoms with Crippen LogP contribution in [0.5, 0.6) is 0 Å². The summed E-state index contributed by atoms with van der Waals surface area (Å²) in [7, 11) is 0. The molecule has 0 unspecified atom stereocenters. The van der Waals surface area contributed by atoms with Gasteiger partial charge >= 0.3 is 0 Å². The van der Waals surface area contributed by atoms with Crippen LogP contribution >= 0.6 is 0 Å². The zero-order chi connectivity index (χ0) is 14.0. The van der Waals surface area contributed by atoms with Crippen LogP contribution in [-0.4, -0.2) is 5.78 Å². The highest BCUT2D eigenvalue weighted by Gasteiger charge is 2.68. The molecule has 0 atom stereocenters. The molecular formula is C16H17FO2. The van der Waals surface area contributed by atoms with Gasteiger partial charge in [0.25, 0.3) is 0 Å². The Balaban J connectivity index is 2.00. The van der Waals surface area contributed by atoms with Gasteiger partial charge in [-0.2, -0.15) is 0 Å². The lowest BCUT2D eigenvalue weighted by atomic mass is 10.0. The lowest BCUT2D eigenvalue weighted by molar-refractivity contribution is 0.0919. The molecule has 0 bridgehead atoms. The van der Waals surface area contributed by atoms with E-state index in [4.69, 9.17) is 4.42 Å². The van der Waals surface area contributed by atoms with Gasteiger partial charge in [-0.05, 0) is 35.1 Å². The van der Waals surface area contributed by atoms with Gasteiger partial charge in [-0.15, -0.1) is 0 Å². The molecule has 0 radical (unpaired) electrons. The number of hydrogen-bond acceptors (Lipinski definition) is 2. The number of fused-ring (bicyclic) bond motifs is 1. The minimum absolute atomic E-state index is 0.0195. The highest BCUT2D eigenvalue weighted by atomic mass is 19.1. The first-order valence-corrected chi connectivity index (χ1v) is 6.48. The maximum absolute atomic E-state index is 13.1. The third-order valence-corrected chi connectivity index (χ3v) is 5.00. The van der Waals surface area contributed by atoms with Crippen molar-refractivity contribution in [2.45, 2.75) is 27.7 Å². The van der Waals surface area contributed by atoms with Crippen molar-refractivity contribution in [3.05, 3.63) is 35.8 Å². The second-order valence-corrected chi connectivity index (χ2v) is 6.53. The number of Topliss-reactive ketones (excluding diaryl/α,β-unsaturated/α-hetero) is 1. The summed E-state index contributed by atoms with van der Waals surface area (Å²) in [6.45, 7) is 8.38. The van der Waals surface area contributed by atoms with Crippen LogP contribution in [0.3, 0.4) is 0 Å². The van der Waals surface area contributed by atoms with E-state index in [0.29, 0.717) is 16.7 Å². The number of ketones is 1. The fourth-order valence-corrected chi connectivity index (χ4v) is 3.13.